The zero-order chi connectivity index (χ0) is 19.9. The fourth-order valence-corrected chi connectivity index (χ4v) is 3.11. The summed E-state index contributed by atoms with van der Waals surface area (Å²) in [7, 11) is 3.10. The van der Waals surface area contributed by atoms with Crippen LogP contribution in [0.15, 0.2) is 66.3 Å². The Bertz CT molecular complexity index is 864. The van der Waals surface area contributed by atoms with Crippen molar-refractivity contribution in [3.63, 3.8) is 0 Å². The average molecular weight is 380 g/mol. The Kier molecular flexibility index (Phi) is 6.32. The van der Waals surface area contributed by atoms with Crippen LogP contribution in [0.25, 0.3) is 0 Å². The molecule has 3 rings (SSSR count). The van der Waals surface area contributed by atoms with E-state index in [1.54, 1.807) is 36.3 Å². The van der Waals surface area contributed by atoms with Gasteiger partial charge in [-0.1, -0.05) is 41.6 Å². The van der Waals surface area contributed by atoms with E-state index in [1.165, 1.54) is 7.11 Å². The lowest BCUT2D eigenvalue weighted by atomic mass is 10.0. The van der Waals surface area contributed by atoms with E-state index in [4.69, 9.17) is 14.3 Å². The van der Waals surface area contributed by atoms with E-state index in [0.717, 1.165) is 11.3 Å². The first-order valence-electron chi connectivity index (χ1n) is 9.06. The van der Waals surface area contributed by atoms with E-state index >= 15 is 0 Å². The number of ether oxygens (including phenoxy) is 2. The Morgan fingerprint density at radius 2 is 2.04 bits per heavy atom. The van der Waals surface area contributed by atoms with E-state index in [9.17, 15) is 4.79 Å². The largest absolute Gasteiger partial charge is 0.497 e. The van der Waals surface area contributed by atoms with Gasteiger partial charge in [-0.25, -0.2) is 0 Å². The van der Waals surface area contributed by atoms with Crippen LogP contribution in [0.5, 0.6) is 11.5 Å². The number of nitrogens with zero attached hydrogens (tertiary/aromatic N) is 2. The van der Waals surface area contributed by atoms with Gasteiger partial charge in [0.15, 0.2) is 6.10 Å². The van der Waals surface area contributed by atoms with Crippen LogP contribution < -0.4 is 9.47 Å². The maximum Gasteiger partial charge on any atom is 0.258 e. The van der Waals surface area contributed by atoms with Crippen LogP contribution in [-0.4, -0.2) is 49.9 Å². The Morgan fingerprint density at radius 1 is 1.25 bits per heavy atom. The van der Waals surface area contributed by atoms with E-state index in [-0.39, 0.29) is 12.0 Å². The second kappa shape index (κ2) is 9.08. The number of amides is 1. The van der Waals surface area contributed by atoms with Crippen LogP contribution >= 0.6 is 0 Å². The Morgan fingerprint density at radius 3 is 2.71 bits per heavy atom. The molecule has 1 atom stereocenters. The summed E-state index contributed by atoms with van der Waals surface area (Å²) in [6.45, 7) is 4.57. The minimum Gasteiger partial charge on any atom is -0.497 e. The van der Waals surface area contributed by atoms with Crippen molar-refractivity contribution in [2.45, 2.75) is 12.5 Å². The molecule has 0 saturated heterocycles. The fraction of sp³-hybridized carbons (Fsp3) is 0.273. The molecule has 0 N–H and O–H groups in total. The van der Waals surface area contributed by atoms with Gasteiger partial charge in [-0.15, -0.1) is 6.58 Å². The highest BCUT2D eigenvalue weighted by molar-refractivity contribution is 6.01. The highest BCUT2D eigenvalue weighted by Gasteiger charge is 2.28. The molecule has 1 heterocycles. The summed E-state index contributed by atoms with van der Waals surface area (Å²) in [5, 5.41) is 4.20. The van der Waals surface area contributed by atoms with E-state index in [0.29, 0.717) is 36.6 Å². The summed E-state index contributed by atoms with van der Waals surface area (Å²) in [6.07, 6.45) is 2.13. The molecule has 2 aromatic carbocycles. The molecule has 146 valence electrons. The van der Waals surface area contributed by atoms with Gasteiger partial charge in [-0.05, 0) is 17.7 Å². The standard InChI is InChI=1S/C22H24N2O4/c1-4-12-24(22(25)19-11-10-17(26-2)14-21(19)27-3)15-18-13-20(23-28-18)16-8-6-5-7-9-16/h4-11,14,18H,1,12-13,15H2,2-3H3. The van der Waals surface area contributed by atoms with Gasteiger partial charge in [0.2, 0.25) is 0 Å². The van der Waals surface area contributed by atoms with Crippen LogP contribution in [0.2, 0.25) is 0 Å². The number of oxime groups is 1. The maximum atomic E-state index is 13.1. The lowest BCUT2D eigenvalue weighted by Gasteiger charge is -2.24. The average Bonchev–Trinajstić information content (AvgIpc) is 3.21. The summed E-state index contributed by atoms with van der Waals surface area (Å²) in [5.74, 6) is 0.937. The van der Waals surface area contributed by atoms with Crippen molar-refractivity contribution in [2.75, 3.05) is 27.3 Å². The van der Waals surface area contributed by atoms with Crippen LogP contribution in [0, 0.1) is 0 Å². The van der Waals surface area contributed by atoms with Gasteiger partial charge in [0, 0.05) is 19.0 Å². The molecule has 28 heavy (non-hydrogen) atoms. The van der Waals surface area contributed by atoms with Crippen molar-refractivity contribution in [1.82, 2.24) is 4.90 Å². The molecular formula is C22H24N2O4. The summed E-state index contributed by atoms with van der Waals surface area (Å²) in [4.78, 5) is 20.4. The third-order valence-corrected chi connectivity index (χ3v) is 4.54. The third kappa shape index (κ3) is 4.34. The van der Waals surface area contributed by atoms with Gasteiger partial charge in [0.05, 0.1) is 32.0 Å². The molecule has 1 aliphatic heterocycles. The van der Waals surface area contributed by atoms with Crippen LogP contribution in [0.3, 0.4) is 0 Å². The van der Waals surface area contributed by atoms with Gasteiger partial charge in [0.1, 0.15) is 11.5 Å². The molecule has 6 heteroatoms. The summed E-state index contributed by atoms with van der Waals surface area (Å²) >= 11 is 0. The monoisotopic (exact) mass is 380 g/mol. The molecule has 0 fully saturated rings. The molecule has 1 amide bonds. The van der Waals surface area contributed by atoms with Gasteiger partial charge in [-0.2, -0.15) is 0 Å². The van der Waals surface area contributed by atoms with Crippen LogP contribution in [0.1, 0.15) is 22.3 Å². The number of rotatable bonds is 8. The van der Waals surface area contributed by atoms with Crippen molar-refractivity contribution in [2.24, 2.45) is 5.16 Å². The molecule has 1 aliphatic rings. The van der Waals surface area contributed by atoms with Crippen LogP contribution in [0.4, 0.5) is 0 Å². The Labute approximate surface area is 165 Å². The molecule has 6 nitrogen and oxygen atoms in total. The Hall–Kier alpha value is -3.28. The first kappa shape index (κ1) is 19.5. The van der Waals surface area contributed by atoms with E-state index in [2.05, 4.69) is 11.7 Å². The maximum absolute atomic E-state index is 13.1. The SMILES string of the molecule is C=CCN(CC1CC(c2ccccc2)=NO1)C(=O)c1ccc(OC)cc1OC. The number of methoxy groups -OCH3 is 2. The molecular weight excluding hydrogens is 356 g/mol. The molecule has 0 saturated carbocycles. The molecule has 0 bridgehead atoms. The fourth-order valence-electron chi connectivity index (χ4n) is 3.11. The number of carbonyl (C=O) groups excluding carboxylic acids is 1. The van der Waals surface area contributed by atoms with Gasteiger partial charge < -0.3 is 19.2 Å². The Balaban J connectivity index is 1.72. The first-order valence-corrected chi connectivity index (χ1v) is 9.06. The van der Waals surface area contributed by atoms with Gasteiger partial charge in [-0.3, -0.25) is 4.79 Å². The third-order valence-electron chi connectivity index (χ3n) is 4.54. The molecule has 0 spiro atoms. The number of hydrogen-bond donors (Lipinski definition) is 0. The lowest BCUT2D eigenvalue weighted by molar-refractivity contribution is 0.0448. The second-order valence-electron chi connectivity index (χ2n) is 6.40. The summed E-state index contributed by atoms with van der Waals surface area (Å²) in [6, 6.07) is 15.0. The number of benzene rings is 2. The lowest BCUT2D eigenvalue weighted by Crippen LogP contribution is -2.38. The van der Waals surface area contributed by atoms with Gasteiger partial charge >= 0.3 is 0 Å². The number of carbonyl (C=O) groups is 1. The summed E-state index contributed by atoms with van der Waals surface area (Å²) in [5.41, 5.74) is 2.38. The van der Waals surface area contributed by atoms with Crippen molar-refractivity contribution >= 4 is 11.6 Å². The summed E-state index contributed by atoms with van der Waals surface area (Å²) < 4.78 is 10.6. The van der Waals surface area contributed by atoms with Gasteiger partial charge in [0.25, 0.3) is 5.91 Å². The topological polar surface area (TPSA) is 60.4 Å². The predicted molar refractivity (Wildman–Crippen MR) is 108 cm³/mol. The molecule has 0 aliphatic carbocycles. The van der Waals surface area contributed by atoms with Crippen molar-refractivity contribution in [3.05, 3.63) is 72.3 Å². The molecule has 0 radical (unpaired) electrons. The van der Waals surface area contributed by atoms with E-state index < -0.39 is 0 Å². The van der Waals surface area contributed by atoms with Crippen molar-refractivity contribution < 1.29 is 19.1 Å². The molecule has 0 aromatic heterocycles. The highest BCUT2D eigenvalue weighted by atomic mass is 16.6. The first-order chi connectivity index (χ1) is 13.7. The zero-order valence-electron chi connectivity index (χ0n) is 16.1. The minimum absolute atomic E-state index is 0.156. The molecule has 2 aromatic rings. The van der Waals surface area contributed by atoms with Crippen molar-refractivity contribution in [3.8, 4) is 11.5 Å². The predicted octanol–water partition coefficient (Wildman–Crippen LogP) is 3.53. The second-order valence-corrected chi connectivity index (χ2v) is 6.40. The quantitative estimate of drug-likeness (QED) is 0.658. The highest BCUT2D eigenvalue weighted by Crippen LogP contribution is 2.26. The number of hydrogen-bond acceptors (Lipinski definition) is 5. The smallest absolute Gasteiger partial charge is 0.258 e. The van der Waals surface area contributed by atoms with E-state index in [1.807, 2.05) is 30.3 Å². The minimum atomic E-state index is -0.205. The van der Waals surface area contributed by atoms with Crippen molar-refractivity contribution in [1.29, 1.82) is 0 Å². The molecule has 1 unspecified atom stereocenters. The zero-order valence-corrected chi connectivity index (χ0v) is 16.1. The normalized spacial score (nSPS) is 15.4. The van der Waals surface area contributed by atoms with Crippen LogP contribution in [-0.2, 0) is 4.84 Å².